The van der Waals surface area contributed by atoms with Gasteiger partial charge in [0.2, 0.25) is 11.8 Å². The molecule has 4 rings (SSSR count). The number of nitrogens with zero attached hydrogens (tertiary/aromatic N) is 2. The molecule has 3 aromatic rings. The molecule has 1 saturated heterocycles. The normalized spacial score (nSPS) is 17.2. The molecular weight excluding hydrogens is 428 g/mol. The Balaban J connectivity index is 1.45. The van der Waals surface area contributed by atoms with Gasteiger partial charge in [0.1, 0.15) is 11.8 Å². The van der Waals surface area contributed by atoms with Crippen molar-refractivity contribution in [2.24, 2.45) is 5.73 Å². The number of nitrogens with one attached hydrogen (secondary N) is 1. The summed E-state index contributed by atoms with van der Waals surface area (Å²) in [6.45, 7) is 0.510. The van der Waals surface area contributed by atoms with Gasteiger partial charge >= 0.3 is 0 Å². The van der Waals surface area contributed by atoms with Crippen LogP contribution in [0.2, 0.25) is 0 Å². The molecule has 4 N–H and O–H groups in total. The van der Waals surface area contributed by atoms with Crippen molar-refractivity contribution < 1.29 is 14.7 Å². The van der Waals surface area contributed by atoms with Crippen molar-refractivity contribution in [3.63, 3.8) is 0 Å². The average molecular weight is 459 g/mol. The fourth-order valence-corrected chi connectivity index (χ4v) is 4.42. The topological polar surface area (TPSA) is 109 Å². The van der Waals surface area contributed by atoms with Gasteiger partial charge in [-0.3, -0.25) is 14.6 Å². The molecular formula is C27H30N4O3. The van der Waals surface area contributed by atoms with E-state index in [2.05, 4.69) is 10.3 Å². The third kappa shape index (κ3) is 5.80. The van der Waals surface area contributed by atoms with Gasteiger partial charge in [-0.25, -0.2) is 0 Å². The number of aromatic hydroxyl groups is 1. The molecule has 0 aliphatic carbocycles. The largest absolute Gasteiger partial charge is 0.508 e. The maximum absolute atomic E-state index is 13.4. The average Bonchev–Trinajstić information content (AvgIpc) is 3.36. The Morgan fingerprint density at radius 3 is 2.47 bits per heavy atom. The van der Waals surface area contributed by atoms with E-state index in [9.17, 15) is 14.7 Å². The lowest BCUT2D eigenvalue weighted by Crippen LogP contribution is -2.52. The summed E-state index contributed by atoms with van der Waals surface area (Å²) >= 11 is 0. The zero-order chi connectivity index (χ0) is 23.9. The Bertz CT molecular complexity index is 1090. The minimum atomic E-state index is -0.753. The number of benzene rings is 2. The van der Waals surface area contributed by atoms with Gasteiger partial charge in [-0.2, -0.15) is 0 Å². The summed E-state index contributed by atoms with van der Waals surface area (Å²) in [5.41, 5.74) is 8.96. The Kier molecular flexibility index (Phi) is 7.54. The summed E-state index contributed by atoms with van der Waals surface area (Å²) in [6, 6.07) is 20.6. The highest BCUT2D eigenvalue weighted by Crippen LogP contribution is 2.23. The summed E-state index contributed by atoms with van der Waals surface area (Å²) in [6.07, 6.45) is 4.00. The molecule has 7 nitrogen and oxygen atoms in total. The lowest BCUT2D eigenvalue weighted by Gasteiger charge is -2.28. The summed E-state index contributed by atoms with van der Waals surface area (Å²) in [5, 5.41) is 12.6. The second kappa shape index (κ2) is 10.9. The predicted octanol–water partition coefficient (Wildman–Crippen LogP) is 2.75. The fraction of sp³-hybridized carbons (Fsp3) is 0.296. The molecule has 0 radical (unpaired) electrons. The molecule has 0 spiro atoms. The first-order valence-corrected chi connectivity index (χ1v) is 11.6. The van der Waals surface area contributed by atoms with Gasteiger partial charge < -0.3 is 21.1 Å². The monoisotopic (exact) mass is 458 g/mol. The van der Waals surface area contributed by atoms with Crippen LogP contribution >= 0.6 is 0 Å². The van der Waals surface area contributed by atoms with Crippen molar-refractivity contribution in [1.82, 2.24) is 15.2 Å². The SMILES string of the molecule is NC(Cc1ccc(O)cc1)C(=O)N1CCCC1C(=O)NC(Cc1ccccn1)c1ccccc1. The fourth-order valence-electron chi connectivity index (χ4n) is 4.42. The van der Waals surface area contributed by atoms with Crippen LogP contribution < -0.4 is 11.1 Å². The molecule has 2 heterocycles. The van der Waals surface area contributed by atoms with Gasteiger partial charge in [-0.05, 0) is 54.7 Å². The van der Waals surface area contributed by atoms with Crippen LogP contribution in [0.15, 0.2) is 79.0 Å². The number of pyridine rings is 1. The van der Waals surface area contributed by atoms with Crippen molar-refractivity contribution in [3.8, 4) is 5.75 Å². The molecule has 7 heteroatoms. The third-order valence-electron chi connectivity index (χ3n) is 6.21. The number of rotatable bonds is 8. The smallest absolute Gasteiger partial charge is 0.243 e. The molecule has 0 saturated carbocycles. The highest BCUT2D eigenvalue weighted by molar-refractivity contribution is 5.90. The number of aromatic nitrogens is 1. The molecule has 2 amide bonds. The molecule has 3 unspecified atom stereocenters. The molecule has 1 fully saturated rings. The lowest BCUT2D eigenvalue weighted by molar-refractivity contribution is -0.139. The van der Waals surface area contributed by atoms with Crippen LogP contribution in [-0.2, 0) is 22.4 Å². The van der Waals surface area contributed by atoms with Crippen LogP contribution in [0.4, 0.5) is 0 Å². The number of hydrogen-bond donors (Lipinski definition) is 3. The highest BCUT2D eigenvalue weighted by atomic mass is 16.3. The van der Waals surface area contributed by atoms with E-state index in [1.807, 2.05) is 48.5 Å². The van der Waals surface area contributed by atoms with Gasteiger partial charge in [0.15, 0.2) is 0 Å². The number of amides is 2. The van der Waals surface area contributed by atoms with Crippen molar-refractivity contribution >= 4 is 11.8 Å². The summed E-state index contributed by atoms with van der Waals surface area (Å²) in [5.74, 6) is -0.238. The van der Waals surface area contributed by atoms with Crippen LogP contribution in [0.5, 0.6) is 5.75 Å². The van der Waals surface area contributed by atoms with Crippen LogP contribution in [0.1, 0.15) is 35.7 Å². The second-order valence-corrected chi connectivity index (χ2v) is 8.66. The first kappa shape index (κ1) is 23.4. The van der Waals surface area contributed by atoms with E-state index >= 15 is 0 Å². The maximum Gasteiger partial charge on any atom is 0.243 e. The van der Waals surface area contributed by atoms with Crippen LogP contribution in [0.3, 0.4) is 0 Å². The molecule has 2 aromatic carbocycles. The Labute approximate surface area is 199 Å². The van der Waals surface area contributed by atoms with E-state index in [0.717, 1.165) is 23.2 Å². The minimum absolute atomic E-state index is 0.165. The predicted molar refractivity (Wildman–Crippen MR) is 130 cm³/mol. The van der Waals surface area contributed by atoms with Gasteiger partial charge in [-0.15, -0.1) is 0 Å². The van der Waals surface area contributed by atoms with Crippen molar-refractivity contribution in [1.29, 1.82) is 0 Å². The highest BCUT2D eigenvalue weighted by Gasteiger charge is 2.37. The maximum atomic E-state index is 13.4. The van der Waals surface area contributed by atoms with E-state index in [1.165, 1.54) is 0 Å². The van der Waals surface area contributed by atoms with Crippen LogP contribution in [0, 0.1) is 0 Å². The van der Waals surface area contributed by atoms with Gasteiger partial charge in [0, 0.05) is 24.9 Å². The third-order valence-corrected chi connectivity index (χ3v) is 6.21. The lowest BCUT2D eigenvalue weighted by atomic mass is 10.0. The number of likely N-dealkylation sites (tertiary alicyclic amines) is 1. The molecule has 176 valence electrons. The number of carbonyl (C=O) groups excluding carboxylic acids is 2. The molecule has 0 bridgehead atoms. The van der Waals surface area contributed by atoms with Gasteiger partial charge in [0.05, 0.1) is 12.1 Å². The summed E-state index contributed by atoms with van der Waals surface area (Å²) in [7, 11) is 0. The van der Waals surface area contributed by atoms with E-state index < -0.39 is 12.1 Å². The van der Waals surface area contributed by atoms with Crippen molar-refractivity contribution in [2.75, 3.05) is 6.54 Å². The minimum Gasteiger partial charge on any atom is -0.508 e. The number of phenolic OH excluding ortho intramolecular Hbond substituents is 1. The van der Waals surface area contributed by atoms with Crippen molar-refractivity contribution in [3.05, 3.63) is 95.8 Å². The zero-order valence-electron chi connectivity index (χ0n) is 19.0. The molecule has 1 aliphatic rings. The first-order valence-electron chi connectivity index (χ1n) is 11.6. The van der Waals surface area contributed by atoms with Crippen LogP contribution in [0.25, 0.3) is 0 Å². The first-order chi connectivity index (χ1) is 16.5. The number of phenols is 1. The summed E-state index contributed by atoms with van der Waals surface area (Å²) < 4.78 is 0. The quantitative estimate of drug-likeness (QED) is 0.481. The van der Waals surface area contributed by atoms with E-state index in [0.29, 0.717) is 25.8 Å². The number of carbonyl (C=O) groups is 2. The van der Waals surface area contributed by atoms with E-state index in [1.54, 1.807) is 35.4 Å². The van der Waals surface area contributed by atoms with Gasteiger partial charge in [-0.1, -0.05) is 48.5 Å². The Hall–Kier alpha value is -3.71. The molecule has 3 atom stereocenters. The van der Waals surface area contributed by atoms with Gasteiger partial charge in [0.25, 0.3) is 0 Å². The summed E-state index contributed by atoms with van der Waals surface area (Å²) in [4.78, 5) is 32.5. The number of nitrogens with two attached hydrogens (primary N) is 1. The van der Waals surface area contributed by atoms with E-state index in [4.69, 9.17) is 5.73 Å². The molecule has 1 aliphatic heterocycles. The molecule has 34 heavy (non-hydrogen) atoms. The second-order valence-electron chi connectivity index (χ2n) is 8.66. The Morgan fingerprint density at radius 2 is 1.76 bits per heavy atom. The van der Waals surface area contributed by atoms with Crippen molar-refractivity contribution in [2.45, 2.75) is 43.8 Å². The standard InChI is InChI=1S/C27H30N4O3/c28-23(17-19-11-13-22(32)14-12-19)27(34)31-16-6-10-25(31)26(33)30-24(20-7-2-1-3-8-20)18-21-9-4-5-15-29-21/h1-5,7-9,11-15,23-25,32H,6,10,16-18,28H2,(H,30,33). The zero-order valence-corrected chi connectivity index (χ0v) is 19.0. The molecule has 1 aromatic heterocycles. The van der Waals surface area contributed by atoms with Crippen LogP contribution in [-0.4, -0.2) is 45.4 Å². The number of hydrogen-bond acceptors (Lipinski definition) is 5. The van der Waals surface area contributed by atoms with E-state index in [-0.39, 0.29) is 23.6 Å². The Morgan fingerprint density at radius 1 is 1.03 bits per heavy atom.